The van der Waals surface area contributed by atoms with Gasteiger partial charge in [0.25, 0.3) is 0 Å². The van der Waals surface area contributed by atoms with Gasteiger partial charge >= 0.3 is 0 Å². The lowest BCUT2D eigenvalue weighted by Crippen LogP contribution is -2.24. The molecule has 0 saturated heterocycles. The van der Waals surface area contributed by atoms with Gasteiger partial charge in [0.1, 0.15) is 17.3 Å². The molecule has 0 radical (unpaired) electrons. The average Bonchev–Trinajstić information content (AvgIpc) is 3.15. The molecular weight excluding hydrogens is 349 g/mol. The summed E-state index contributed by atoms with van der Waals surface area (Å²) in [4.78, 5) is 12.3. The van der Waals surface area contributed by atoms with Crippen molar-refractivity contribution in [1.82, 2.24) is 15.1 Å². The van der Waals surface area contributed by atoms with E-state index in [0.29, 0.717) is 23.7 Å². The molecule has 0 aliphatic heterocycles. The number of carbonyl (C=O) groups excluding carboxylic acids is 1. The van der Waals surface area contributed by atoms with Crippen molar-refractivity contribution in [3.63, 3.8) is 0 Å². The molecule has 140 valence electrons. The Kier molecular flexibility index (Phi) is 5.71. The Labute approximate surface area is 156 Å². The quantitative estimate of drug-likeness (QED) is 0.696. The molecule has 0 unspecified atom stereocenters. The fourth-order valence-corrected chi connectivity index (χ4v) is 2.67. The molecule has 0 spiro atoms. The summed E-state index contributed by atoms with van der Waals surface area (Å²) in [6.45, 7) is 0.320. The van der Waals surface area contributed by atoms with Gasteiger partial charge in [-0.05, 0) is 36.4 Å². The van der Waals surface area contributed by atoms with Gasteiger partial charge in [0.05, 0.1) is 32.5 Å². The van der Waals surface area contributed by atoms with E-state index in [2.05, 4.69) is 10.4 Å². The molecule has 3 aromatic rings. The van der Waals surface area contributed by atoms with E-state index in [1.165, 1.54) is 12.1 Å². The lowest BCUT2D eigenvalue weighted by molar-refractivity contribution is -0.120. The third-order valence-corrected chi connectivity index (χ3v) is 4.04. The van der Waals surface area contributed by atoms with Crippen molar-refractivity contribution in [3.05, 3.63) is 71.8 Å². The number of rotatable bonds is 7. The molecule has 0 aliphatic rings. The maximum Gasteiger partial charge on any atom is 0.224 e. The minimum atomic E-state index is -0.329. The van der Waals surface area contributed by atoms with Crippen LogP contribution in [0.25, 0.3) is 5.69 Å². The second-order valence-corrected chi connectivity index (χ2v) is 5.90. The predicted molar refractivity (Wildman–Crippen MR) is 98.6 cm³/mol. The van der Waals surface area contributed by atoms with E-state index < -0.39 is 0 Å². The molecule has 0 bridgehead atoms. The van der Waals surface area contributed by atoms with E-state index in [1.807, 2.05) is 0 Å². The lowest BCUT2D eigenvalue weighted by Gasteiger charge is -2.10. The van der Waals surface area contributed by atoms with Gasteiger partial charge in [0.15, 0.2) is 0 Å². The van der Waals surface area contributed by atoms with Crippen LogP contribution >= 0.6 is 0 Å². The standard InChI is InChI=1S/C20H20FN3O3/c1-26-18-6-7-19(27-2)15(8-18)9-20(25)22-11-14-12-23-24(13-14)17-5-3-4-16(21)10-17/h3-8,10,12-13H,9,11H2,1-2H3,(H,22,25). The number of nitrogens with zero attached hydrogens (tertiary/aromatic N) is 2. The highest BCUT2D eigenvalue weighted by atomic mass is 19.1. The summed E-state index contributed by atoms with van der Waals surface area (Å²) in [5.41, 5.74) is 2.17. The van der Waals surface area contributed by atoms with Gasteiger partial charge < -0.3 is 14.8 Å². The zero-order valence-corrected chi connectivity index (χ0v) is 15.1. The summed E-state index contributed by atoms with van der Waals surface area (Å²) in [7, 11) is 3.13. The SMILES string of the molecule is COc1ccc(OC)c(CC(=O)NCc2cnn(-c3cccc(F)c3)c2)c1. The van der Waals surface area contributed by atoms with Crippen LogP contribution in [0.1, 0.15) is 11.1 Å². The highest BCUT2D eigenvalue weighted by molar-refractivity contribution is 5.79. The van der Waals surface area contributed by atoms with Gasteiger partial charge in [-0.15, -0.1) is 0 Å². The number of hydrogen-bond acceptors (Lipinski definition) is 4. The van der Waals surface area contributed by atoms with Crippen molar-refractivity contribution in [1.29, 1.82) is 0 Å². The third-order valence-electron chi connectivity index (χ3n) is 4.04. The molecule has 6 nitrogen and oxygen atoms in total. The number of halogens is 1. The fraction of sp³-hybridized carbons (Fsp3) is 0.200. The van der Waals surface area contributed by atoms with E-state index >= 15 is 0 Å². The van der Waals surface area contributed by atoms with Crippen molar-refractivity contribution < 1.29 is 18.7 Å². The zero-order valence-electron chi connectivity index (χ0n) is 15.1. The smallest absolute Gasteiger partial charge is 0.224 e. The Hall–Kier alpha value is -3.35. The molecular formula is C20H20FN3O3. The highest BCUT2D eigenvalue weighted by Crippen LogP contribution is 2.24. The number of methoxy groups -OCH3 is 2. The maximum atomic E-state index is 13.3. The van der Waals surface area contributed by atoms with Crippen molar-refractivity contribution in [2.24, 2.45) is 0 Å². The zero-order chi connectivity index (χ0) is 19.2. The van der Waals surface area contributed by atoms with Gasteiger partial charge in [-0.1, -0.05) is 6.07 Å². The summed E-state index contributed by atoms with van der Waals surface area (Å²) in [5, 5.41) is 7.05. The summed E-state index contributed by atoms with van der Waals surface area (Å²) >= 11 is 0. The monoisotopic (exact) mass is 369 g/mol. The van der Waals surface area contributed by atoms with E-state index in [4.69, 9.17) is 9.47 Å². The number of carbonyl (C=O) groups is 1. The van der Waals surface area contributed by atoms with Gasteiger partial charge in [0.2, 0.25) is 5.91 Å². The van der Waals surface area contributed by atoms with E-state index in [1.54, 1.807) is 61.6 Å². The van der Waals surface area contributed by atoms with Crippen LogP contribution in [-0.2, 0) is 17.8 Å². The van der Waals surface area contributed by atoms with Crippen LogP contribution in [0.15, 0.2) is 54.9 Å². The van der Waals surface area contributed by atoms with Crippen LogP contribution in [0.4, 0.5) is 4.39 Å². The first-order chi connectivity index (χ1) is 13.1. The normalized spacial score (nSPS) is 10.5. The first kappa shape index (κ1) is 18.4. The number of ether oxygens (including phenoxy) is 2. The number of amides is 1. The molecule has 3 rings (SSSR count). The maximum absolute atomic E-state index is 13.3. The minimum Gasteiger partial charge on any atom is -0.497 e. The number of hydrogen-bond donors (Lipinski definition) is 1. The Morgan fingerprint density at radius 2 is 2.04 bits per heavy atom. The summed E-state index contributed by atoms with van der Waals surface area (Å²) in [6.07, 6.45) is 3.55. The summed E-state index contributed by atoms with van der Waals surface area (Å²) < 4.78 is 25.4. The van der Waals surface area contributed by atoms with Gasteiger partial charge in [-0.2, -0.15) is 5.10 Å². The summed E-state index contributed by atoms with van der Waals surface area (Å²) in [6, 6.07) is 11.5. The van der Waals surface area contributed by atoms with E-state index in [-0.39, 0.29) is 18.1 Å². The molecule has 0 aliphatic carbocycles. The van der Waals surface area contributed by atoms with Crippen LogP contribution in [-0.4, -0.2) is 29.9 Å². The van der Waals surface area contributed by atoms with Crippen LogP contribution in [0, 0.1) is 5.82 Å². The second-order valence-electron chi connectivity index (χ2n) is 5.90. The predicted octanol–water partition coefficient (Wildman–Crippen LogP) is 2.89. The molecule has 1 heterocycles. The molecule has 2 aromatic carbocycles. The van der Waals surface area contributed by atoms with Crippen molar-refractivity contribution in [2.75, 3.05) is 14.2 Å². The highest BCUT2D eigenvalue weighted by Gasteiger charge is 2.11. The average molecular weight is 369 g/mol. The molecule has 0 atom stereocenters. The molecule has 1 amide bonds. The Morgan fingerprint density at radius 1 is 1.19 bits per heavy atom. The molecule has 1 aromatic heterocycles. The minimum absolute atomic E-state index is 0.153. The molecule has 0 saturated carbocycles. The topological polar surface area (TPSA) is 65.4 Å². The van der Waals surface area contributed by atoms with Gasteiger partial charge in [0, 0.05) is 23.9 Å². The van der Waals surface area contributed by atoms with Crippen LogP contribution in [0.2, 0.25) is 0 Å². The van der Waals surface area contributed by atoms with Gasteiger partial charge in [-0.3, -0.25) is 4.79 Å². The van der Waals surface area contributed by atoms with Crippen LogP contribution < -0.4 is 14.8 Å². The van der Waals surface area contributed by atoms with E-state index in [0.717, 1.165) is 11.1 Å². The van der Waals surface area contributed by atoms with Crippen molar-refractivity contribution in [2.45, 2.75) is 13.0 Å². The van der Waals surface area contributed by atoms with Crippen molar-refractivity contribution in [3.8, 4) is 17.2 Å². The lowest BCUT2D eigenvalue weighted by atomic mass is 10.1. The van der Waals surface area contributed by atoms with Crippen LogP contribution in [0.5, 0.6) is 11.5 Å². The Balaban J connectivity index is 1.62. The molecule has 0 fully saturated rings. The van der Waals surface area contributed by atoms with Gasteiger partial charge in [-0.25, -0.2) is 9.07 Å². The summed E-state index contributed by atoms with van der Waals surface area (Å²) in [5.74, 6) is 0.810. The van der Waals surface area contributed by atoms with Crippen molar-refractivity contribution >= 4 is 5.91 Å². The largest absolute Gasteiger partial charge is 0.497 e. The first-order valence-corrected chi connectivity index (χ1v) is 8.36. The Morgan fingerprint density at radius 3 is 2.78 bits per heavy atom. The number of benzene rings is 2. The number of aromatic nitrogens is 2. The van der Waals surface area contributed by atoms with Crippen LogP contribution in [0.3, 0.4) is 0 Å². The second kappa shape index (κ2) is 8.35. The van der Waals surface area contributed by atoms with E-state index in [9.17, 15) is 9.18 Å². The molecule has 7 heteroatoms. The third kappa shape index (κ3) is 4.63. The number of nitrogens with one attached hydrogen (secondary N) is 1. The Bertz CT molecular complexity index is 940. The molecule has 27 heavy (non-hydrogen) atoms. The first-order valence-electron chi connectivity index (χ1n) is 8.36. The fourth-order valence-electron chi connectivity index (χ4n) is 2.67. The molecule has 1 N–H and O–H groups in total.